The lowest BCUT2D eigenvalue weighted by atomic mass is 9.87. The Bertz CT molecular complexity index is 350. The van der Waals surface area contributed by atoms with Gasteiger partial charge < -0.3 is 15.0 Å². The lowest BCUT2D eigenvalue weighted by Crippen LogP contribution is -2.53. The van der Waals surface area contributed by atoms with Crippen molar-refractivity contribution in [1.29, 1.82) is 0 Å². The van der Waals surface area contributed by atoms with E-state index in [-0.39, 0.29) is 5.60 Å². The standard InChI is InChI=1S/C12H18N2OS/c1-14-5-3-12(9-14)11(13-4-6-15-12)10-2-7-16-8-10/h2,7-8,11,13H,3-6,9H2,1H3. The van der Waals surface area contributed by atoms with E-state index in [0.717, 1.165) is 32.7 Å². The van der Waals surface area contributed by atoms with Gasteiger partial charge in [0.25, 0.3) is 0 Å². The van der Waals surface area contributed by atoms with Crippen molar-refractivity contribution in [2.45, 2.75) is 18.1 Å². The van der Waals surface area contributed by atoms with Gasteiger partial charge in [-0.15, -0.1) is 0 Å². The Balaban J connectivity index is 1.89. The Morgan fingerprint density at radius 1 is 1.62 bits per heavy atom. The maximum atomic E-state index is 6.13. The van der Waals surface area contributed by atoms with Gasteiger partial charge in [0.2, 0.25) is 0 Å². The zero-order valence-corrected chi connectivity index (χ0v) is 10.4. The van der Waals surface area contributed by atoms with Crippen LogP contribution in [0.15, 0.2) is 16.8 Å². The molecule has 2 unspecified atom stereocenters. The molecular formula is C12H18N2OS. The van der Waals surface area contributed by atoms with Gasteiger partial charge in [0.05, 0.1) is 12.6 Å². The number of likely N-dealkylation sites (tertiary alicyclic amines) is 1. The fourth-order valence-electron chi connectivity index (χ4n) is 2.94. The van der Waals surface area contributed by atoms with Crippen LogP contribution < -0.4 is 5.32 Å². The van der Waals surface area contributed by atoms with Gasteiger partial charge in [-0.3, -0.25) is 0 Å². The van der Waals surface area contributed by atoms with E-state index in [0.29, 0.717) is 6.04 Å². The maximum absolute atomic E-state index is 6.13. The molecule has 3 rings (SSSR count). The zero-order chi connectivity index (χ0) is 11.0. The number of hydrogen-bond donors (Lipinski definition) is 1. The van der Waals surface area contributed by atoms with Gasteiger partial charge in [0, 0.05) is 19.6 Å². The van der Waals surface area contributed by atoms with Crippen LogP contribution in [-0.2, 0) is 4.74 Å². The van der Waals surface area contributed by atoms with Gasteiger partial charge in [0.15, 0.2) is 0 Å². The van der Waals surface area contributed by atoms with Crippen molar-refractivity contribution in [1.82, 2.24) is 10.2 Å². The van der Waals surface area contributed by atoms with Crippen LogP contribution in [0.2, 0.25) is 0 Å². The monoisotopic (exact) mass is 238 g/mol. The largest absolute Gasteiger partial charge is 0.370 e. The highest BCUT2D eigenvalue weighted by molar-refractivity contribution is 7.07. The molecule has 0 radical (unpaired) electrons. The number of nitrogens with one attached hydrogen (secondary N) is 1. The van der Waals surface area contributed by atoms with Crippen LogP contribution in [0, 0.1) is 0 Å². The molecule has 88 valence electrons. The van der Waals surface area contributed by atoms with Crippen molar-refractivity contribution in [2.24, 2.45) is 0 Å². The van der Waals surface area contributed by atoms with E-state index in [9.17, 15) is 0 Å². The molecule has 2 saturated heterocycles. The molecule has 0 amide bonds. The lowest BCUT2D eigenvalue weighted by molar-refractivity contribution is -0.0888. The van der Waals surface area contributed by atoms with Crippen LogP contribution in [0.4, 0.5) is 0 Å². The summed E-state index contributed by atoms with van der Waals surface area (Å²) in [6.45, 7) is 3.99. The predicted molar refractivity (Wildman–Crippen MR) is 65.9 cm³/mol. The Morgan fingerprint density at radius 2 is 2.56 bits per heavy atom. The second-order valence-corrected chi connectivity index (χ2v) is 5.62. The molecule has 4 heteroatoms. The molecule has 2 atom stereocenters. The van der Waals surface area contributed by atoms with E-state index in [2.05, 4.69) is 34.1 Å². The molecule has 2 aliphatic rings. The van der Waals surface area contributed by atoms with Gasteiger partial charge in [0.1, 0.15) is 5.60 Å². The maximum Gasteiger partial charge on any atom is 0.101 e. The molecule has 1 spiro atoms. The van der Waals surface area contributed by atoms with Crippen LogP contribution in [0.25, 0.3) is 0 Å². The van der Waals surface area contributed by atoms with Gasteiger partial charge in [-0.05, 0) is 35.9 Å². The van der Waals surface area contributed by atoms with Gasteiger partial charge >= 0.3 is 0 Å². The van der Waals surface area contributed by atoms with E-state index in [4.69, 9.17) is 4.74 Å². The number of rotatable bonds is 1. The predicted octanol–water partition coefficient (Wildman–Crippen LogP) is 1.48. The molecule has 0 saturated carbocycles. The second kappa shape index (κ2) is 4.11. The molecule has 16 heavy (non-hydrogen) atoms. The molecule has 0 aliphatic carbocycles. The third kappa shape index (κ3) is 1.70. The molecule has 0 bridgehead atoms. The molecule has 0 aromatic carbocycles. The first-order chi connectivity index (χ1) is 7.80. The van der Waals surface area contributed by atoms with E-state index in [1.807, 2.05) is 0 Å². The minimum absolute atomic E-state index is 0.00801. The van der Waals surface area contributed by atoms with Crippen molar-refractivity contribution in [3.8, 4) is 0 Å². The van der Waals surface area contributed by atoms with Crippen LogP contribution in [0.5, 0.6) is 0 Å². The van der Waals surface area contributed by atoms with Crippen LogP contribution in [-0.4, -0.2) is 43.8 Å². The number of morpholine rings is 1. The van der Waals surface area contributed by atoms with Crippen molar-refractivity contribution >= 4 is 11.3 Å². The van der Waals surface area contributed by atoms with Crippen molar-refractivity contribution in [3.05, 3.63) is 22.4 Å². The van der Waals surface area contributed by atoms with E-state index >= 15 is 0 Å². The third-order valence-corrected chi connectivity index (χ3v) is 4.40. The summed E-state index contributed by atoms with van der Waals surface area (Å²) >= 11 is 1.77. The summed E-state index contributed by atoms with van der Waals surface area (Å²) in [5.41, 5.74) is 1.40. The first-order valence-corrected chi connectivity index (χ1v) is 6.82. The normalized spacial score (nSPS) is 35.9. The van der Waals surface area contributed by atoms with Crippen LogP contribution in [0.3, 0.4) is 0 Å². The summed E-state index contributed by atoms with van der Waals surface area (Å²) in [6.07, 6.45) is 1.14. The summed E-state index contributed by atoms with van der Waals surface area (Å²) in [6, 6.07) is 2.59. The Hall–Kier alpha value is -0.420. The zero-order valence-electron chi connectivity index (χ0n) is 9.61. The number of thiophene rings is 1. The summed E-state index contributed by atoms with van der Waals surface area (Å²) in [7, 11) is 2.18. The molecule has 2 aliphatic heterocycles. The number of hydrogen-bond acceptors (Lipinski definition) is 4. The van der Waals surface area contributed by atoms with Crippen LogP contribution >= 0.6 is 11.3 Å². The second-order valence-electron chi connectivity index (χ2n) is 4.84. The molecule has 3 nitrogen and oxygen atoms in total. The van der Waals surface area contributed by atoms with Gasteiger partial charge in [-0.1, -0.05) is 0 Å². The highest BCUT2D eigenvalue weighted by Crippen LogP contribution is 2.39. The Labute approximate surface area is 100 Å². The topological polar surface area (TPSA) is 24.5 Å². The Kier molecular flexibility index (Phi) is 2.75. The van der Waals surface area contributed by atoms with Gasteiger partial charge in [-0.25, -0.2) is 0 Å². The molecule has 2 fully saturated rings. The molecule has 1 N–H and O–H groups in total. The van der Waals surface area contributed by atoms with Crippen molar-refractivity contribution < 1.29 is 4.74 Å². The smallest absolute Gasteiger partial charge is 0.101 e. The summed E-state index contributed by atoms with van der Waals surface area (Å²) in [5.74, 6) is 0. The summed E-state index contributed by atoms with van der Waals surface area (Å²) in [5, 5.41) is 8.02. The average molecular weight is 238 g/mol. The first kappa shape index (κ1) is 10.7. The minimum atomic E-state index is 0.00801. The van der Waals surface area contributed by atoms with E-state index in [1.54, 1.807) is 11.3 Å². The SMILES string of the molecule is CN1CCC2(C1)OCCNC2c1ccsc1. The van der Waals surface area contributed by atoms with E-state index in [1.165, 1.54) is 5.56 Å². The number of likely N-dealkylation sites (N-methyl/N-ethyl adjacent to an activating group) is 1. The lowest BCUT2D eigenvalue weighted by Gasteiger charge is -2.41. The summed E-state index contributed by atoms with van der Waals surface area (Å²) in [4.78, 5) is 2.37. The minimum Gasteiger partial charge on any atom is -0.370 e. The number of nitrogens with zero attached hydrogens (tertiary/aromatic N) is 1. The van der Waals surface area contributed by atoms with Crippen LogP contribution in [0.1, 0.15) is 18.0 Å². The highest BCUT2D eigenvalue weighted by Gasteiger charge is 2.47. The molecular weight excluding hydrogens is 220 g/mol. The Morgan fingerprint density at radius 3 is 3.25 bits per heavy atom. The number of ether oxygens (including phenoxy) is 1. The van der Waals surface area contributed by atoms with Crippen molar-refractivity contribution in [3.63, 3.8) is 0 Å². The fraction of sp³-hybridized carbons (Fsp3) is 0.667. The average Bonchev–Trinajstić information content (AvgIpc) is 2.90. The molecule has 1 aromatic heterocycles. The quantitative estimate of drug-likeness (QED) is 0.802. The fourth-order valence-corrected chi connectivity index (χ4v) is 3.62. The van der Waals surface area contributed by atoms with Crippen molar-refractivity contribution in [2.75, 3.05) is 33.3 Å². The highest BCUT2D eigenvalue weighted by atomic mass is 32.1. The van der Waals surface area contributed by atoms with E-state index < -0.39 is 0 Å². The van der Waals surface area contributed by atoms with Gasteiger partial charge in [-0.2, -0.15) is 11.3 Å². The molecule has 3 heterocycles. The summed E-state index contributed by atoms with van der Waals surface area (Å²) < 4.78 is 6.13. The molecule has 1 aromatic rings. The third-order valence-electron chi connectivity index (χ3n) is 3.70. The first-order valence-electron chi connectivity index (χ1n) is 5.88.